The van der Waals surface area contributed by atoms with E-state index in [-0.39, 0.29) is 11.7 Å². The van der Waals surface area contributed by atoms with Gasteiger partial charge in [0.05, 0.1) is 18.2 Å². The number of carbonyl (C=O) groups is 1. The van der Waals surface area contributed by atoms with Gasteiger partial charge < -0.3 is 4.74 Å². The van der Waals surface area contributed by atoms with E-state index >= 15 is 0 Å². The lowest BCUT2D eigenvalue weighted by Gasteiger charge is -2.11. The van der Waals surface area contributed by atoms with Gasteiger partial charge in [-0.25, -0.2) is 4.98 Å². The lowest BCUT2D eigenvalue weighted by atomic mass is 9.97. The van der Waals surface area contributed by atoms with Gasteiger partial charge in [0.2, 0.25) is 0 Å². The molecular weight excluding hydrogens is 392 g/mol. The number of methoxy groups -OCH3 is 1. The number of thioether (sulfide) groups is 1. The minimum absolute atomic E-state index is 0.186. The van der Waals surface area contributed by atoms with E-state index < -0.39 is 0 Å². The number of benzene rings is 1. The van der Waals surface area contributed by atoms with Crippen LogP contribution < -0.4 is 0 Å². The van der Waals surface area contributed by atoms with Crippen LogP contribution in [-0.4, -0.2) is 38.4 Å². The summed E-state index contributed by atoms with van der Waals surface area (Å²) in [6.07, 6.45) is 4.61. The summed E-state index contributed by atoms with van der Waals surface area (Å²) in [5.74, 6) is 0.703. The fourth-order valence-electron chi connectivity index (χ4n) is 3.69. The molecule has 0 spiro atoms. The van der Waals surface area contributed by atoms with Crippen molar-refractivity contribution < 1.29 is 9.53 Å². The molecule has 28 heavy (non-hydrogen) atoms. The van der Waals surface area contributed by atoms with Gasteiger partial charge in [0.15, 0.2) is 10.8 Å². The molecule has 4 aromatic rings. The summed E-state index contributed by atoms with van der Waals surface area (Å²) in [4.78, 5) is 19.1. The Bertz CT molecular complexity index is 1180. The highest BCUT2D eigenvalue weighted by molar-refractivity contribution is 7.99. The summed E-state index contributed by atoms with van der Waals surface area (Å²) in [6.45, 7) is 0. The Balaban J connectivity index is 1.77. The maximum Gasteiger partial charge on any atom is 0.316 e. The van der Waals surface area contributed by atoms with E-state index in [0.29, 0.717) is 5.16 Å². The molecule has 0 fully saturated rings. The highest BCUT2D eigenvalue weighted by Gasteiger charge is 2.24. The van der Waals surface area contributed by atoms with Gasteiger partial charge in [-0.15, -0.1) is 21.5 Å². The molecule has 6 nitrogen and oxygen atoms in total. The molecule has 8 heteroatoms. The molecule has 0 N–H and O–H groups in total. The Hall–Kier alpha value is -2.45. The maximum atomic E-state index is 11.6. The monoisotopic (exact) mass is 410 g/mol. The standard InChI is InChI=1S/C20H18N4O2S2/c1-26-15(25)11-27-20-23-22-18-16-13-9-5-6-10-14(13)28-19(16)21-17(24(18)20)12-7-3-2-4-8-12/h2-4,7-8H,5-6,9-11H2,1H3. The van der Waals surface area contributed by atoms with Crippen molar-refractivity contribution >= 4 is 44.9 Å². The summed E-state index contributed by atoms with van der Waals surface area (Å²) >= 11 is 3.11. The summed E-state index contributed by atoms with van der Waals surface area (Å²) in [5, 5.41) is 10.7. The topological polar surface area (TPSA) is 69.4 Å². The number of hydrogen-bond acceptors (Lipinski definition) is 7. The first kappa shape index (κ1) is 17.6. The van der Waals surface area contributed by atoms with Crippen LogP contribution in [0.1, 0.15) is 23.3 Å². The minimum atomic E-state index is -0.287. The molecule has 0 amide bonds. The van der Waals surface area contributed by atoms with Gasteiger partial charge in [-0.3, -0.25) is 9.20 Å². The van der Waals surface area contributed by atoms with E-state index in [1.54, 1.807) is 11.3 Å². The van der Waals surface area contributed by atoms with Crippen LogP contribution in [0.3, 0.4) is 0 Å². The largest absolute Gasteiger partial charge is 0.468 e. The predicted octanol–water partition coefficient (Wildman–Crippen LogP) is 4.15. The zero-order chi connectivity index (χ0) is 19.1. The molecule has 1 aromatic carbocycles. The molecule has 0 aliphatic heterocycles. The second-order valence-corrected chi connectivity index (χ2v) is 8.73. The SMILES string of the molecule is COC(=O)CSc1nnc2c3c4c(sc3nc(-c3ccccc3)n12)CCCC4. The molecule has 1 aliphatic carbocycles. The number of esters is 1. The van der Waals surface area contributed by atoms with Crippen molar-refractivity contribution in [1.29, 1.82) is 0 Å². The molecule has 5 rings (SSSR count). The van der Waals surface area contributed by atoms with E-state index in [0.717, 1.165) is 40.1 Å². The molecule has 0 unspecified atom stereocenters. The van der Waals surface area contributed by atoms with Crippen LogP contribution in [0, 0.1) is 0 Å². The highest BCUT2D eigenvalue weighted by atomic mass is 32.2. The van der Waals surface area contributed by atoms with E-state index in [1.165, 1.54) is 42.2 Å². The van der Waals surface area contributed by atoms with Crippen molar-refractivity contribution in [3.8, 4) is 11.4 Å². The van der Waals surface area contributed by atoms with Gasteiger partial charge in [0.1, 0.15) is 10.7 Å². The van der Waals surface area contributed by atoms with E-state index in [2.05, 4.69) is 10.2 Å². The number of ether oxygens (including phenoxy) is 1. The summed E-state index contributed by atoms with van der Waals surface area (Å²) in [7, 11) is 1.39. The zero-order valence-corrected chi connectivity index (χ0v) is 17.0. The summed E-state index contributed by atoms with van der Waals surface area (Å²) in [5.41, 5.74) is 3.20. The maximum absolute atomic E-state index is 11.6. The number of carbonyl (C=O) groups excluding carboxylic acids is 1. The first-order valence-corrected chi connectivity index (χ1v) is 11.0. The Kier molecular flexibility index (Phi) is 4.52. The van der Waals surface area contributed by atoms with Crippen LogP contribution in [-0.2, 0) is 22.4 Å². The lowest BCUT2D eigenvalue weighted by molar-refractivity contribution is -0.137. The summed E-state index contributed by atoms with van der Waals surface area (Å²) in [6, 6.07) is 10.1. The molecule has 0 saturated heterocycles. The summed E-state index contributed by atoms with van der Waals surface area (Å²) < 4.78 is 6.77. The van der Waals surface area contributed by atoms with Crippen LogP contribution in [0.25, 0.3) is 27.3 Å². The third-order valence-electron chi connectivity index (χ3n) is 5.01. The van der Waals surface area contributed by atoms with Crippen LogP contribution in [0.2, 0.25) is 0 Å². The Morgan fingerprint density at radius 1 is 1.21 bits per heavy atom. The number of nitrogens with zero attached hydrogens (tertiary/aromatic N) is 4. The second kappa shape index (κ2) is 7.18. The van der Waals surface area contributed by atoms with Gasteiger partial charge >= 0.3 is 5.97 Å². The van der Waals surface area contributed by atoms with Crippen molar-refractivity contribution in [2.45, 2.75) is 30.8 Å². The molecule has 3 heterocycles. The number of thiophene rings is 1. The van der Waals surface area contributed by atoms with E-state index in [9.17, 15) is 4.79 Å². The molecule has 1 aliphatic rings. The molecule has 3 aromatic heterocycles. The Morgan fingerprint density at radius 3 is 2.86 bits per heavy atom. The second-order valence-electron chi connectivity index (χ2n) is 6.70. The third kappa shape index (κ3) is 2.87. The molecule has 0 radical (unpaired) electrons. The molecule has 0 atom stereocenters. The van der Waals surface area contributed by atoms with E-state index in [1.807, 2.05) is 34.7 Å². The lowest BCUT2D eigenvalue weighted by Crippen LogP contribution is -2.05. The van der Waals surface area contributed by atoms with Crippen LogP contribution >= 0.6 is 23.1 Å². The van der Waals surface area contributed by atoms with Crippen molar-refractivity contribution in [2.75, 3.05) is 12.9 Å². The quantitative estimate of drug-likeness (QED) is 0.372. The average Bonchev–Trinajstić information content (AvgIpc) is 3.33. The Morgan fingerprint density at radius 2 is 2.04 bits per heavy atom. The predicted molar refractivity (Wildman–Crippen MR) is 111 cm³/mol. The average molecular weight is 411 g/mol. The first-order valence-electron chi connectivity index (χ1n) is 9.20. The molecule has 0 saturated carbocycles. The van der Waals surface area contributed by atoms with Crippen LogP contribution in [0.4, 0.5) is 0 Å². The van der Waals surface area contributed by atoms with Crippen LogP contribution in [0.15, 0.2) is 35.5 Å². The van der Waals surface area contributed by atoms with Crippen molar-refractivity contribution in [3.05, 3.63) is 40.8 Å². The van der Waals surface area contributed by atoms with Crippen LogP contribution in [0.5, 0.6) is 0 Å². The zero-order valence-electron chi connectivity index (χ0n) is 15.3. The fraction of sp³-hybridized carbons (Fsp3) is 0.300. The fourth-order valence-corrected chi connectivity index (χ4v) is 5.71. The Labute approximate surface area is 170 Å². The van der Waals surface area contributed by atoms with Gasteiger partial charge in [-0.1, -0.05) is 42.1 Å². The molecular formula is C20H18N4O2S2. The number of hydrogen-bond donors (Lipinski definition) is 0. The highest BCUT2D eigenvalue weighted by Crippen LogP contribution is 2.39. The third-order valence-corrected chi connectivity index (χ3v) is 7.10. The van der Waals surface area contributed by atoms with E-state index in [4.69, 9.17) is 9.72 Å². The van der Waals surface area contributed by atoms with Gasteiger partial charge in [0, 0.05) is 10.4 Å². The number of aryl methyl sites for hydroxylation is 2. The molecule has 142 valence electrons. The molecule has 0 bridgehead atoms. The van der Waals surface area contributed by atoms with Gasteiger partial charge in [-0.2, -0.15) is 0 Å². The van der Waals surface area contributed by atoms with Crippen molar-refractivity contribution in [2.24, 2.45) is 0 Å². The van der Waals surface area contributed by atoms with Gasteiger partial charge in [0.25, 0.3) is 0 Å². The number of aromatic nitrogens is 4. The van der Waals surface area contributed by atoms with Gasteiger partial charge in [-0.05, 0) is 31.2 Å². The normalized spacial score (nSPS) is 13.8. The minimum Gasteiger partial charge on any atom is -0.468 e. The smallest absolute Gasteiger partial charge is 0.316 e. The number of fused-ring (bicyclic) bond motifs is 5. The first-order chi connectivity index (χ1) is 13.8. The van der Waals surface area contributed by atoms with Crippen molar-refractivity contribution in [3.63, 3.8) is 0 Å². The number of rotatable bonds is 4. The van der Waals surface area contributed by atoms with Crippen molar-refractivity contribution in [1.82, 2.24) is 19.6 Å².